The van der Waals surface area contributed by atoms with Crippen molar-refractivity contribution in [2.45, 2.75) is 46.0 Å². The molecule has 3 heteroatoms. The zero-order chi connectivity index (χ0) is 15.2. The first-order valence-corrected chi connectivity index (χ1v) is 11.4. The summed E-state index contributed by atoms with van der Waals surface area (Å²) in [6.07, 6.45) is 0.979. The third-order valence-electron chi connectivity index (χ3n) is 3.30. The van der Waals surface area contributed by atoms with Crippen LogP contribution in [0, 0.1) is 17.7 Å². The number of benzene rings is 1. The standard InChI is InChI=1S/C17H30FNSi/c1-14(2)11-19-12-16(13-20(3,4)5)9-15-7-6-8-17(18)10-15/h6-8,10,14,16,19H,9,11-13H2,1-5H3. The van der Waals surface area contributed by atoms with Crippen LogP contribution in [0.5, 0.6) is 0 Å². The molecular formula is C17H30FNSi. The smallest absolute Gasteiger partial charge is 0.123 e. The first kappa shape index (κ1) is 17.4. The molecule has 114 valence electrons. The lowest BCUT2D eigenvalue weighted by Gasteiger charge is -2.25. The summed E-state index contributed by atoms with van der Waals surface area (Å²) in [6.45, 7) is 13.8. The van der Waals surface area contributed by atoms with E-state index in [1.807, 2.05) is 12.1 Å². The minimum Gasteiger partial charge on any atom is -0.316 e. The topological polar surface area (TPSA) is 12.0 Å². The largest absolute Gasteiger partial charge is 0.316 e. The molecule has 0 aliphatic heterocycles. The second-order valence-corrected chi connectivity index (χ2v) is 13.0. The van der Waals surface area contributed by atoms with E-state index in [4.69, 9.17) is 0 Å². The molecule has 0 amide bonds. The molecule has 1 unspecified atom stereocenters. The Bertz CT molecular complexity index is 398. The third kappa shape index (κ3) is 7.80. The van der Waals surface area contributed by atoms with Gasteiger partial charge in [-0.2, -0.15) is 0 Å². The molecule has 0 radical (unpaired) electrons. The first-order chi connectivity index (χ1) is 9.26. The van der Waals surface area contributed by atoms with Crippen molar-refractivity contribution in [1.82, 2.24) is 5.32 Å². The van der Waals surface area contributed by atoms with E-state index >= 15 is 0 Å². The minimum absolute atomic E-state index is 0.121. The second kappa shape index (κ2) is 7.94. The molecule has 1 aromatic carbocycles. The molecule has 0 aliphatic carbocycles. The van der Waals surface area contributed by atoms with Gasteiger partial charge >= 0.3 is 0 Å². The minimum atomic E-state index is -1.10. The monoisotopic (exact) mass is 295 g/mol. The van der Waals surface area contributed by atoms with E-state index in [1.54, 1.807) is 6.07 Å². The lowest BCUT2D eigenvalue weighted by atomic mass is 10.0. The van der Waals surface area contributed by atoms with Crippen molar-refractivity contribution in [2.24, 2.45) is 11.8 Å². The van der Waals surface area contributed by atoms with Crippen molar-refractivity contribution in [3.63, 3.8) is 0 Å². The average molecular weight is 296 g/mol. The Hall–Kier alpha value is -0.673. The fourth-order valence-corrected chi connectivity index (χ4v) is 4.68. The number of hydrogen-bond acceptors (Lipinski definition) is 1. The van der Waals surface area contributed by atoms with Crippen LogP contribution in [0.15, 0.2) is 24.3 Å². The molecule has 20 heavy (non-hydrogen) atoms. The number of halogens is 1. The van der Waals surface area contributed by atoms with Crippen LogP contribution in [0.4, 0.5) is 4.39 Å². The normalized spacial score (nSPS) is 13.8. The highest BCUT2D eigenvalue weighted by molar-refractivity contribution is 6.76. The summed E-state index contributed by atoms with van der Waals surface area (Å²) >= 11 is 0. The SMILES string of the molecule is CC(C)CNCC(Cc1cccc(F)c1)C[Si](C)(C)C. The molecule has 1 N–H and O–H groups in total. The Balaban J connectivity index is 2.62. The summed E-state index contributed by atoms with van der Waals surface area (Å²) in [5.41, 5.74) is 1.12. The van der Waals surface area contributed by atoms with E-state index < -0.39 is 8.07 Å². The van der Waals surface area contributed by atoms with Gasteiger partial charge in [-0.3, -0.25) is 0 Å². The van der Waals surface area contributed by atoms with Gasteiger partial charge in [0, 0.05) is 8.07 Å². The summed E-state index contributed by atoms with van der Waals surface area (Å²) in [5.74, 6) is 1.17. The van der Waals surface area contributed by atoms with Crippen LogP contribution in [0.25, 0.3) is 0 Å². The van der Waals surface area contributed by atoms with Crippen LogP contribution in [-0.2, 0) is 6.42 Å². The van der Waals surface area contributed by atoms with Crippen molar-refractivity contribution >= 4 is 8.07 Å². The Morgan fingerprint density at radius 2 is 1.85 bits per heavy atom. The molecular weight excluding hydrogens is 265 g/mol. The van der Waals surface area contributed by atoms with Crippen molar-refractivity contribution in [2.75, 3.05) is 13.1 Å². The lowest BCUT2D eigenvalue weighted by Crippen LogP contribution is -2.33. The fourth-order valence-electron chi connectivity index (χ4n) is 2.66. The number of nitrogens with one attached hydrogen (secondary N) is 1. The maximum atomic E-state index is 13.3. The van der Waals surface area contributed by atoms with E-state index in [0.717, 1.165) is 25.1 Å². The van der Waals surface area contributed by atoms with Crippen LogP contribution in [0.2, 0.25) is 25.7 Å². The van der Waals surface area contributed by atoms with Crippen molar-refractivity contribution in [3.05, 3.63) is 35.6 Å². The van der Waals surface area contributed by atoms with Crippen LogP contribution in [-0.4, -0.2) is 21.2 Å². The Labute approximate surface area is 125 Å². The van der Waals surface area contributed by atoms with E-state index in [9.17, 15) is 4.39 Å². The van der Waals surface area contributed by atoms with E-state index in [2.05, 4.69) is 38.8 Å². The zero-order valence-corrected chi connectivity index (χ0v) is 14.7. The highest BCUT2D eigenvalue weighted by Crippen LogP contribution is 2.21. The number of hydrogen-bond donors (Lipinski definition) is 1. The molecule has 1 nitrogen and oxygen atoms in total. The van der Waals surface area contributed by atoms with Crippen LogP contribution in [0.3, 0.4) is 0 Å². The lowest BCUT2D eigenvalue weighted by molar-refractivity contribution is 0.469. The maximum absolute atomic E-state index is 13.3. The first-order valence-electron chi connectivity index (χ1n) is 7.71. The second-order valence-electron chi connectivity index (χ2n) is 7.52. The van der Waals surface area contributed by atoms with E-state index in [0.29, 0.717) is 11.8 Å². The molecule has 1 atom stereocenters. The van der Waals surface area contributed by atoms with Gasteiger partial charge in [0.15, 0.2) is 0 Å². The molecule has 0 aromatic heterocycles. The van der Waals surface area contributed by atoms with Gasteiger partial charge in [0.2, 0.25) is 0 Å². The van der Waals surface area contributed by atoms with Gasteiger partial charge in [-0.1, -0.05) is 51.7 Å². The molecule has 0 saturated carbocycles. The van der Waals surface area contributed by atoms with Crippen LogP contribution >= 0.6 is 0 Å². The van der Waals surface area contributed by atoms with Gasteiger partial charge in [0.25, 0.3) is 0 Å². The highest BCUT2D eigenvalue weighted by Gasteiger charge is 2.20. The highest BCUT2D eigenvalue weighted by atomic mass is 28.3. The summed E-state index contributed by atoms with van der Waals surface area (Å²) in [5, 5.41) is 3.57. The van der Waals surface area contributed by atoms with Gasteiger partial charge in [-0.25, -0.2) is 4.39 Å². The van der Waals surface area contributed by atoms with E-state index in [1.165, 1.54) is 12.1 Å². The molecule has 1 aromatic rings. The molecule has 0 bridgehead atoms. The summed E-state index contributed by atoms with van der Waals surface area (Å²) in [4.78, 5) is 0. The van der Waals surface area contributed by atoms with Gasteiger partial charge in [-0.15, -0.1) is 0 Å². The van der Waals surface area contributed by atoms with Gasteiger partial charge in [0.1, 0.15) is 5.82 Å². The molecule has 0 saturated heterocycles. The fraction of sp³-hybridized carbons (Fsp3) is 0.647. The van der Waals surface area contributed by atoms with Crippen LogP contribution in [0.1, 0.15) is 19.4 Å². The quantitative estimate of drug-likeness (QED) is 0.693. The van der Waals surface area contributed by atoms with Crippen molar-refractivity contribution in [1.29, 1.82) is 0 Å². The predicted octanol–water partition coefficient (Wildman–Crippen LogP) is 4.57. The van der Waals surface area contributed by atoms with Gasteiger partial charge in [-0.05, 0) is 49.0 Å². The molecule has 0 fully saturated rings. The van der Waals surface area contributed by atoms with Crippen molar-refractivity contribution < 1.29 is 4.39 Å². The average Bonchev–Trinajstić information content (AvgIpc) is 2.25. The number of rotatable bonds is 8. The zero-order valence-electron chi connectivity index (χ0n) is 13.7. The van der Waals surface area contributed by atoms with E-state index in [-0.39, 0.29) is 5.82 Å². The Morgan fingerprint density at radius 3 is 2.40 bits per heavy atom. The van der Waals surface area contributed by atoms with Gasteiger partial charge in [0.05, 0.1) is 0 Å². The summed E-state index contributed by atoms with van der Waals surface area (Å²) in [7, 11) is -1.10. The van der Waals surface area contributed by atoms with Gasteiger partial charge < -0.3 is 5.32 Å². The Kier molecular flexibility index (Phi) is 6.90. The summed E-state index contributed by atoms with van der Waals surface area (Å²) in [6, 6.07) is 8.35. The molecule has 0 spiro atoms. The van der Waals surface area contributed by atoms with Crippen molar-refractivity contribution in [3.8, 4) is 0 Å². The Morgan fingerprint density at radius 1 is 1.15 bits per heavy atom. The third-order valence-corrected chi connectivity index (χ3v) is 5.10. The van der Waals surface area contributed by atoms with Crippen LogP contribution < -0.4 is 5.32 Å². The summed E-state index contributed by atoms with van der Waals surface area (Å²) < 4.78 is 13.3. The molecule has 0 heterocycles. The predicted molar refractivity (Wildman–Crippen MR) is 89.5 cm³/mol. The molecule has 1 rings (SSSR count). The maximum Gasteiger partial charge on any atom is 0.123 e. The molecule has 0 aliphatic rings.